The van der Waals surface area contributed by atoms with Gasteiger partial charge in [-0.05, 0) is 59.8 Å². The first-order valence-corrected chi connectivity index (χ1v) is 8.83. The zero-order valence-electron chi connectivity index (χ0n) is 11.3. The third kappa shape index (κ3) is 3.72. The van der Waals surface area contributed by atoms with Gasteiger partial charge >= 0.3 is 0 Å². The number of benzene rings is 1. The number of ether oxygens (including phenoxy) is 1. The second-order valence-corrected chi connectivity index (χ2v) is 7.59. The molecule has 0 amide bonds. The maximum Gasteiger partial charge on any atom is 0.241 e. The predicted octanol–water partition coefficient (Wildman–Crippen LogP) is 2.12. The third-order valence-electron chi connectivity index (χ3n) is 3.56. The molecular weight excluding hydrogens is 344 g/mol. The summed E-state index contributed by atoms with van der Waals surface area (Å²) in [5, 5.41) is 0. The number of hydrogen-bond acceptors (Lipinski definition) is 4. The molecule has 0 bridgehead atoms. The van der Waals surface area contributed by atoms with Crippen LogP contribution in [0.25, 0.3) is 0 Å². The fraction of sp³-hybridized carbons (Fsp3) is 0.538. The minimum Gasteiger partial charge on any atom is -0.399 e. The van der Waals surface area contributed by atoms with Gasteiger partial charge in [-0.1, -0.05) is 0 Å². The molecule has 1 heterocycles. The van der Waals surface area contributed by atoms with Gasteiger partial charge in [-0.15, -0.1) is 0 Å². The van der Waals surface area contributed by atoms with Crippen LogP contribution in [0.1, 0.15) is 19.8 Å². The van der Waals surface area contributed by atoms with Crippen LogP contribution in [0.3, 0.4) is 0 Å². The molecule has 1 aliphatic heterocycles. The Hall–Kier alpha value is -0.630. The average molecular weight is 363 g/mol. The van der Waals surface area contributed by atoms with E-state index in [1.807, 2.05) is 6.92 Å². The van der Waals surface area contributed by atoms with Crippen molar-refractivity contribution < 1.29 is 13.2 Å². The summed E-state index contributed by atoms with van der Waals surface area (Å²) in [5.41, 5.74) is 6.15. The van der Waals surface area contributed by atoms with Gasteiger partial charge < -0.3 is 10.5 Å². The summed E-state index contributed by atoms with van der Waals surface area (Å²) < 4.78 is 33.3. The average Bonchev–Trinajstić information content (AvgIpc) is 2.38. The number of nitrogens with two attached hydrogens (primary N) is 1. The minimum absolute atomic E-state index is 0.117. The smallest absolute Gasteiger partial charge is 0.241 e. The molecule has 3 N–H and O–H groups in total. The highest BCUT2D eigenvalue weighted by atomic mass is 79.9. The number of halogens is 1. The molecular formula is C13H19BrN2O3S. The van der Waals surface area contributed by atoms with Crippen LogP contribution >= 0.6 is 15.9 Å². The van der Waals surface area contributed by atoms with E-state index in [1.165, 1.54) is 6.07 Å². The first-order valence-electron chi connectivity index (χ1n) is 6.55. The van der Waals surface area contributed by atoms with E-state index in [0.29, 0.717) is 29.3 Å². The van der Waals surface area contributed by atoms with E-state index < -0.39 is 10.0 Å². The van der Waals surface area contributed by atoms with Gasteiger partial charge in [0.25, 0.3) is 0 Å². The molecule has 1 unspecified atom stereocenters. The first kappa shape index (κ1) is 15.8. The largest absolute Gasteiger partial charge is 0.399 e. The van der Waals surface area contributed by atoms with Crippen molar-refractivity contribution in [1.29, 1.82) is 0 Å². The van der Waals surface area contributed by atoms with Crippen molar-refractivity contribution in [1.82, 2.24) is 4.72 Å². The summed E-state index contributed by atoms with van der Waals surface area (Å²) in [5.74, 6) is 0.311. The maximum atomic E-state index is 12.4. The molecule has 0 spiro atoms. The van der Waals surface area contributed by atoms with E-state index in [0.717, 1.165) is 12.8 Å². The Labute approximate surface area is 128 Å². The monoisotopic (exact) mass is 362 g/mol. The molecule has 0 saturated carbocycles. The Balaban J connectivity index is 2.13. The zero-order chi connectivity index (χ0) is 14.8. The second kappa shape index (κ2) is 6.43. The first-order chi connectivity index (χ1) is 9.40. The van der Waals surface area contributed by atoms with E-state index in [9.17, 15) is 8.42 Å². The molecule has 0 aromatic heterocycles. The Morgan fingerprint density at radius 3 is 2.65 bits per heavy atom. The maximum absolute atomic E-state index is 12.4. The van der Waals surface area contributed by atoms with Crippen molar-refractivity contribution in [3.05, 3.63) is 22.7 Å². The summed E-state index contributed by atoms with van der Waals surface area (Å²) in [6.07, 6.45) is 1.76. The molecule has 20 heavy (non-hydrogen) atoms. The van der Waals surface area contributed by atoms with Gasteiger partial charge in [-0.2, -0.15) is 0 Å². The Kier molecular flexibility index (Phi) is 5.06. The number of hydrogen-bond donors (Lipinski definition) is 2. The van der Waals surface area contributed by atoms with Crippen molar-refractivity contribution in [2.75, 3.05) is 18.9 Å². The molecule has 0 aliphatic carbocycles. The Morgan fingerprint density at radius 1 is 1.40 bits per heavy atom. The van der Waals surface area contributed by atoms with Gasteiger partial charge in [0.2, 0.25) is 10.0 Å². The van der Waals surface area contributed by atoms with E-state index in [4.69, 9.17) is 10.5 Å². The lowest BCUT2D eigenvalue weighted by molar-refractivity contribution is 0.0585. The fourth-order valence-electron chi connectivity index (χ4n) is 2.36. The van der Waals surface area contributed by atoms with Crippen molar-refractivity contribution in [2.45, 2.75) is 30.7 Å². The third-order valence-corrected chi connectivity index (χ3v) is 6.10. The summed E-state index contributed by atoms with van der Waals surface area (Å²) in [4.78, 5) is 0.214. The van der Waals surface area contributed by atoms with Crippen LogP contribution in [0.4, 0.5) is 5.69 Å². The quantitative estimate of drug-likeness (QED) is 0.803. The molecule has 1 aromatic rings. The zero-order valence-corrected chi connectivity index (χ0v) is 13.7. The van der Waals surface area contributed by atoms with E-state index in [-0.39, 0.29) is 10.9 Å². The van der Waals surface area contributed by atoms with Gasteiger partial charge in [-0.25, -0.2) is 13.1 Å². The summed E-state index contributed by atoms with van der Waals surface area (Å²) in [6.45, 7) is 3.29. The SMILES string of the molecule is CC(NS(=O)(=O)c1ccc(N)cc1Br)C1CCOCC1. The van der Waals surface area contributed by atoms with Crippen LogP contribution in [-0.2, 0) is 14.8 Å². The number of nitrogen functional groups attached to an aromatic ring is 1. The molecule has 2 rings (SSSR count). The van der Waals surface area contributed by atoms with Gasteiger partial charge in [-0.3, -0.25) is 0 Å². The van der Waals surface area contributed by atoms with Gasteiger partial charge in [0, 0.05) is 29.4 Å². The summed E-state index contributed by atoms with van der Waals surface area (Å²) in [6, 6.07) is 4.57. The van der Waals surface area contributed by atoms with Crippen molar-refractivity contribution in [3.8, 4) is 0 Å². The van der Waals surface area contributed by atoms with E-state index in [1.54, 1.807) is 12.1 Å². The van der Waals surface area contributed by atoms with Crippen LogP contribution in [0.15, 0.2) is 27.6 Å². The number of sulfonamides is 1. The molecule has 1 atom stereocenters. The second-order valence-electron chi connectivity index (χ2n) is 5.05. The van der Waals surface area contributed by atoms with Crippen LogP contribution in [-0.4, -0.2) is 27.7 Å². The topological polar surface area (TPSA) is 81.4 Å². The molecule has 7 heteroatoms. The summed E-state index contributed by atoms with van der Waals surface area (Å²) in [7, 11) is -3.55. The van der Waals surface area contributed by atoms with Gasteiger partial charge in [0.1, 0.15) is 0 Å². The highest BCUT2D eigenvalue weighted by Crippen LogP contribution is 2.26. The number of nitrogens with one attached hydrogen (secondary N) is 1. The Bertz CT molecular complexity index is 571. The summed E-state index contributed by atoms with van der Waals surface area (Å²) >= 11 is 3.25. The normalized spacial score (nSPS) is 18.9. The molecule has 1 aromatic carbocycles. The van der Waals surface area contributed by atoms with Gasteiger partial charge in [0.05, 0.1) is 4.90 Å². The lowest BCUT2D eigenvalue weighted by Crippen LogP contribution is -2.40. The molecule has 5 nitrogen and oxygen atoms in total. The fourth-order valence-corrected chi connectivity index (χ4v) is 4.76. The number of anilines is 1. The van der Waals surface area contributed by atoms with E-state index >= 15 is 0 Å². The van der Waals surface area contributed by atoms with Crippen molar-refractivity contribution in [2.24, 2.45) is 5.92 Å². The van der Waals surface area contributed by atoms with Crippen LogP contribution < -0.4 is 10.5 Å². The van der Waals surface area contributed by atoms with Crippen molar-refractivity contribution in [3.63, 3.8) is 0 Å². The lowest BCUT2D eigenvalue weighted by Gasteiger charge is -2.28. The van der Waals surface area contributed by atoms with Crippen LogP contribution in [0, 0.1) is 5.92 Å². The standard InChI is InChI=1S/C13H19BrN2O3S/c1-9(10-4-6-19-7-5-10)16-20(17,18)13-3-2-11(15)8-12(13)14/h2-3,8-10,16H,4-7,15H2,1H3. The number of rotatable bonds is 4. The van der Waals surface area contributed by atoms with Crippen LogP contribution in [0.2, 0.25) is 0 Å². The van der Waals surface area contributed by atoms with E-state index in [2.05, 4.69) is 20.7 Å². The van der Waals surface area contributed by atoms with Crippen molar-refractivity contribution >= 4 is 31.6 Å². The molecule has 1 fully saturated rings. The van der Waals surface area contributed by atoms with Crippen LogP contribution in [0.5, 0.6) is 0 Å². The molecule has 1 saturated heterocycles. The molecule has 0 radical (unpaired) electrons. The minimum atomic E-state index is -3.55. The molecule has 112 valence electrons. The highest BCUT2D eigenvalue weighted by molar-refractivity contribution is 9.10. The lowest BCUT2D eigenvalue weighted by atomic mass is 9.94. The molecule has 1 aliphatic rings. The Morgan fingerprint density at radius 2 is 2.05 bits per heavy atom. The predicted molar refractivity (Wildman–Crippen MR) is 81.9 cm³/mol. The van der Waals surface area contributed by atoms with Gasteiger partial charge in [0.15, 0.2) is 0 Å². The highest BCUT2D eigenvalue weighted by Gasteiger charge is 2.26.